The van der Waals surface area contributed by atoms with E-state index in [2.05, 4.69) is 111 Å². The van der Waals surface area contributed by atoms with Gasteiger partial charge in [0.1, 0.15) is 19.8 Å². The van der Waals surface area contributed by atoms with Crippen LogP contribution in [0.2, 0.25) is 0 Å². The second kappa shape index (κ2) is 84.0. The van der Waals surface area contributed by atoms with Crippen LogP contribution in [0.1, 0.15) is 438 Å². The molecular formula is C94H172NO8P. The molecule has 606 valence electrons. The Balaban J connectivity index is 3.89. The van der Waals surface area contributed by atoms with E-state index in [-0.39, 0.29) is 32.0 Å². The number of carbonyl (C=O) groups excluding carboxylic acids is 2. The molecule has 0 fully saturated rings. The average molecular weight is 1480 g/mol. The highest BCUT2D eigenvalue weighted by Crippen LogP contribution is 2.38. The van der Waals surface area contributed by atoms with Crippen molar-refractivity contribution in [3.63, 3.8) is 0 Å². The number of ether oxygens (including phenoxy) is 2. The highest BCUT2D eigenvalue weighted by atomic mass is 31.2. The molecule has 0 amide bonds. The smallest absolute Gasteiger partial charge is 0.306 e. The molecule has 0 aliphatic heterocycles. The van der Waals surface area contributed by atoms with Crippen LogP contribution in [0.25, 0.3) is 0 Å². The Morgan fingerprint density at radius 2 is 0.548 bits per heavy atom. The second-order valence-corrected chi connectivity index (χ2v) is 33.0. The van der Waals surface area contributed by atoms with Crippen LogP contribution in [0.3, 0.4) is 0 Å². The number of esters is 2. The van der Waals surface area contributed by atoms with E-state index >= 15 is 0 Å². The van der Waals surface area contributed by atoms with Gasteiger partial charge in [0.05, 0.1) is 27.7 Å². The largest absolute Gasteiger partial charge is 0.756 e. The lowest BCUT2D eigenvalue weighted by atomic mass is 10.0. The van der Waals surface area contributed by atoms with E-state index < -0.39 is 26.5 Å². The van der Waals surface area contributed by atoms with E-state index in [4.69, 9.17) is 18.5 Å². The molecule has 0 N–H and O–H groups in total. The first kappa shape index (κ1) is 101. The second-order valence-electron chi connectivity index (χ2n) is 31.6. The van der Waals surface area contributed by atoms with E-state index in [1.165, 1.54) is 315 Å². The summed E-state index contributed by atoms with van der Waals surface area (Å²) in [6.07, 6.45) is 119. The van der Waals surface area contributed by atoms with Crippen molar-refractivity contribution in [1.82, 2.24) is 0 Å². The van der Waals surface area contributed by atoms with E-state index in [9.17, 15) is 19.0 Å². The number of hydrogen-bond acceptors (Lipinski definition) is 8. The first-order valence-corrected chi connectivity index (χ1v) is 46.4. The fraction of sp³-hybridized carbons (Fsp3) is 0.809. The zero-order chi connectivity index (χ0) is 75.4. The lowest BCUT2D eigenvalue weighted by molar-refractivity contribution is -0.870. The SMILES string of the molecule is CC/C=C\C/C=C\C/C=C\C/C=C\C/C=C\C/C=C\C/C=C\C/C=C\CCCCCCCCCCCCCCCCC(=O)OC(COC(=O)CCCCCCCCCCCCCCCCCCCCCCCCCCCCCCCCCCCCCCCCCCC)COP(=O)([O-])OCC[N+](C)(C)C. The number of quaternary nitrogens is 1. The predicted molar refractivity (Wildman–Crippen MR) is 452 cm³/mol. The maximum Gasteiger partial charge on any atom is 0.306 e. The van der Waals surface area contributed by atoms with E-state index in [0.717, 1.165) is 89.9 Å². The van der Waals surface area contributed by atoms with Crippen molar-refractivity contribution in [3.8, 4) is 0 Å². The summed E-state index contributed by atoms with van der Waals surface area (Å²) < 4.78 is 34.5. The van der Waals surface area contributed by atoms with Gasteiger partial charge in [-0.25, -0.2) is 0 Å². The molecule has 0 radical (unpaired) electrons. The summed E-state index contributed by atoms with van der Waals surface area (Å²) in [4.78, 5) is 38.3. The number of phosphoric acid groups is 1. The van der Waals surface area contributed by atoms with Crippen molar-refractivity contribution in [2.75, 3.05) is 47.5 Å². The van der Waals surface area contributed by atoms with Gasteiger partial charge in [0.2, 0.25) is 0 Å². The van der Waals surface area contributed by atoms with Gasteiger partial charge in [-0.3, -0.25) is 14.2 Å². The molecule has 0 rings (SSSR count). The molecule has 0 spiro atoms. The molecule has 0 aliphatic carbocycles. The third-order valence-corrected chi connectivity index (χ3v) is 21.1. The molecule has 0 aromatic rings. The van der Waals surface area contributed by atoms with Crippen molar-refractivity contribution in [3.05, 3.63) is 97.2 Å². The van der Waals surface area contributed by atoms with Crippen LogP contribution in [0.4, 0.5) is 0 Å². The van der Waals surface area contributed by atoms with Crippen LogP contribution < -0.4 is 4.89 Å². The predicted octanol–water partition coefficient (Wildman–Crippen LogP) is 29.9. The highest BCUT2D eigenvalue weighted by Gasteiger charge is 2.22. The number of rotatable bonds is 84. The minimum Gasteiger partial charge on any atom is -0.756 e. The van der Waals surface area contributed by atoms with Crippen LogP contribution >= 0.6 is 7.82 Å². The van der Waals surface area contributed by atoms with E-state index in [1.807, 2.05) is 21.1 Å². The number of unbranched alkanes of at least 4 members (excludes halogenated alkanes) is 54. The monoisotopic (exact) mass is 1470 g/mol. The minimum absolute atomic E-state index is 0.0314. The van der Waals surface area contributed by atoms with Crippen LogP contribution in [-0.2, 0) is 32.7 Å². The molecule has 2 atom stereocenters. The van der Waals surface area contributed by atoms with Gasteiger partial charge in [0.15, 0.2) is 6.10 Å². The Bertz CT molecular complexity index is 2080. The average Bonchev–Trinajstić information content (AvgIpc) is 0.915. The standard InChI is InChI=1S/C94H172NO8P/c1-6-8-10-12-14-16-18-20-22-24-26-28-30-32-34-36-38-40-42-44-46-47-49-50-52-54-56-58-60-62-64-66-68-70-72-74-76-78-80-82-84-86-93(96)100-90-92(91-102-104(98,99)101-89-88-95(3,4)5)103-94(97)87-85-83-81-79-77-75-73-71-69-67-65-63-61-59-57-55-53-51-48-45-43-41-39-37-35-33-31-29-27-25-23-21-19-17-15-13-11-9-7-2/h9,11,15,17,21,23,27,29,33,35,39,41,45,48,53,55,92H,6-8,10,12-14,16,18-20,22,24-26,28,30-32,34,36-38,40,42-44,46-47,49-52,54,56-91H2,1-5H3/b11-9-,17-15-,23-21-,29-27-,35-33-,41-39-,48-45-,55-53-. The molecule has 0 aliphatic rings. The zero-order valence-corrected chi connectivity index (χ0v) is 70.4. The van der Waals surface area contributed by atoms with Gasteiger partial charge < -0.3 is 27.9 Å². The van der Waals surface area contributed by atoms with Crippen molar-refractivity contribution in [2.45, 2.75) is 444 Å². The third-order valence-electron chi connectivity index (χ3n) is 20.1. The molecule has 9 nitrogen and oxygen atoms in total. The molecule has 0 bridgehead atoms. The van der Waals surface area contributed by atoms with Gasteiger partial charge in [-0.05, 0) is 77.0 Å². The van der Waals surface area contributed by atoms with Crippen molar-refractivity contribution in [2.24, 2.45) is 0 Å². The summed E-state index contributed by atoms with van der Waals surface area (Å²) in [6.45, 7) is 4.19. The third kappa shape index (κ3) is 87.8. The number of phosphoric ester groups is 1. The number of likely N-dealkylation sites (N-methyl/N-ethyl adjacent to an activating group) is 1. The molecule has 2 unspecified atom stereocenters. The summed E-state index contributed by atoms with van der Waals surface area (Å²) in [5, 5.41) is 0. The lowest BCUT2D eigenvalue weighted by Crippen LogP contribution is -2.37. The molecular weight excluding hydrogens is 1300 g/mol. The first-order chi connectivity index (χ1) is 51.0. The van der Waals surface area contributed by atoms with Gasteiger partial charge >= 0.3 is 11.9 Å². The summed E-state index contributed by atoms with van der Waals surface area (Å²) in [6, 6.07) is 0. The van der Waals surface area contributed by atoms with Crippen molar-refractivity contribution >= 4 is 19.8 Å². The van der Waals surface area contributed by atoms with Crippen LogP contribution in [-0.4, -0.2) is 70.0 Å². The maximum atomic E-state index is 12.9. The molecule has 0 saturated carbocycles. The van der Waals surface area contributed by atoms with Gasteiger partial charge in [-0.15, -0.1) is 0 Å². The Kier molecular flexibility index (Phi) is 81.5. The lowest BCUT2D eigenvalue weighted by Gasteiger charge is -2.28. The topological polar surface area (TPSA) is 111 Å². The normalized spacial score (nSPS) is 13.4. The van der Waals surface area contributed by atoms with Crippen molar-refractivity contribution < 1.29 is 42.1 Å². The zero-order valence-electron chi connectivity index (χ0n) is 69.5. The molecule has 0 aromatic carbocycles. The van der Waals surface area contributed by atoms with Gasteiger partial charge in [0.25, 0.3) is 7.82 Å². The molecule has 0 heterocycles. The van der Waals surface area contributed by atoms with E-state index in [0.29, 0.717) is 17.4 Å². The number of hydrogen-bond donors (Lipinski definition) is 0. The molecule has 10 heteroatoms. The van der Waals surface area contributed by atoms with Crippen molar-refractivity contribution in [1.29, 1.82) is 0 Å². The van der Waals surface area contributed by atoms with Gasteiger partial charge in [0, 0.05) is 12.8 Å². The maximum absolute atomic E-state index is 12.9. The van der Waals surface area contributed by atoms with E-state index in [1.54, 1.807) is 0 Å². The highest BCUT2D eigenvalue weighted by molar-refractivity contribution is 7.45. The first-order valence-electron chi connectivity index (χ1n) is 44.9. The summed E-state index contributed by atoms with van der Waals surface area (Å²) in [7, 11) is 1.18. The fourth-order valence-corrected chi connectivity index (χ4v) is 14.1. The number of nitrogens with zero attached hydrogens (tertiary/aromatic N) is 1. The van der Waals surface area contributed by atoms with Gasteiger partial charge in [-0.2, -0.15) is 0 Å². The number of carbonyl (C=O) groups is 2. The molecule has 0 saturated heterocycles. The van der Waals surface area contributed by atoms with Crippen LogP contribution in [0.15, 0.2) is 97.2 Å². The number of allylic oxidation sites excluding steroid dienone is 16. The van der Waals surface area contributed by atoms with Gasteiger partial charge in [-0.1, -0.05) is 445 Å². The molecule has 0 aromatic heterocycles. The summed E-state index contributed by atoms with van der Waals surface area (Å²) in [5.41, 5.74) is 0. The Hall–Kier alpha value is -3.07. The summed E-state index contributed by atoms with van der Waals surface area (Å²) in [5.74, 6) is -0.816. The Labute approximate surface area is 646 Å². The Morgan fingerprint density at radius 3 is 0.817 bits per heavy atom. The fourth-order valence-electron chi connectivity index (χ4n) is 13.3. The van der Waals surface area contributed by atoms with Crippen LogP contribution in [0, 0.1) is 0 Å². The quantitative estimate of drug-likeness (QED) is 0.0195. The van der Waals surface area contributed by atoms with Crippen LogP contribution in [0.5, 0.6) is 0 Å². The molecule has 104 heavy (non-hydrogen) atoms. The Morgan fingerprint density at radius 1 is 0.308 bits per heavy atom. The summed E-state index contributed by atoms with van der Waals surface area (Å²) >= 11 is 0. The minimum atomic E-state index is -4.65.